The van der Waals surface area contributed by atoms with E-state index in [1.807, 2.05) is 9.47 Å². The Morgan fingerprint density at radius 2 is 2.07 bits per heavy atom. The van der Waals surface area contributed by atoms with Gasteiger partial charge in [-0.2, -0.15) is 0 Å². The first-order chi connectivity index (χ1) is 13.5. The minimum atomic E-state index is -0.417. The zero-order chi connectivity index (χ0) is 19.7. The molecule has 2 amide bonds. The van der Waals surface area contributed by atoms with E-state index in [1.165, 1.54) is 12.1 Å². The van der Waals surface area contributed by atoms with Gasteiger partial charge in [-0.3, -0.25) is 9.59 Å². The molecule has 1 aromatic heterocycles. The summed E-state index contributed by atoms with van der Waals surface area (Å²) < 4.78 is 15.3. The van der Waals surface area contributed by atoms with E-state index in [-0.39, 0.29) is 11.6 Å². The number of benzene rings is 1. The molecule has 1 fully saturated rings. The summed E-state index contributed by atoms with van der Waals surface area (Å²) in [7, 11) is 0. The second-order valence-corrected chi connectivity index (χ2v) is 7.80. The van der Waals surface area contributed by atoms with Crippen molar-refractivity contribution in [3.63, 3.8) is 0 Å². The van der Waals surface area contributed by atoms with Gasteiger partial charge in [-0.15, -0.1) is 0 Å². The number of anilines is 1. The zero-order valence-corrected chi connectivity index (χ0v) is 16.1. The average molecular weight is 384 g/mol. The lowest BCUT2D eigenvalue weighted by molar-refractivity contribution is 0.0664. The number of fused-ring (bicyclic) bond motifs is 1. The first-order valence-corrected chi connectivity index (χ1v) is 9.98. The molecule has 28 heavy (non-hydrogen) atoms. The van der Waals surface area contributed by atoms with Crippen LogP contribution < -0.4 is 5.32 Å². The highest BCUT2D eigenvalue weighted by Gasteiger charge is 2.31. The quantitative estimate of drug-likeness (QED) is 0.881. The number of hydrogen-bond acceptors (Lipinski definition) is 3. The van der Waals surface area contributed by atoms with Gasteiger partial charge in [0, 0.05) is 25.3 Å². The summed E-state index contributed by atoms with van der Waals surface area (Å²) in [4.78, 5) is 32.3. The minimum absolute atomic E-state index is 0.0977. The molecule has 2 aliphatic rings. The number of rotatable bonds is 3. The normalized spacial score (nSPS) is 19.2. The molecule has 1 N–H and O–H groups in total. The predicted molar refractivity (Wildman–Crippen MR) is 104 cm³/mol. The highest BCUT2D eigenvalue weighted by Crippen LogP contribution is 2.25. The number of aromatic nitrogens is 2. The van der Waals surface area contributed by atoms with Crippen LogP contribution in [0.3, 0.4) is 0 Å². The molecule has 2 aliphatic heterocycles. The Labute approximate surface area is 163 Å². The maximum atomic E-state index is 13.4. The van der Waals surface area contributed by atoms with E-state index in [2.05, 4.69) is 17.2 Å². The van der Waals surface area contributed by atoms with Gasteiger partial charge in [0.2, 0.25) is 0 Å². The van der Waals surface area contributed by atoms with Gasteiger partial charge in [0.05, 0.1) is 5.69 Å². The third-order valence-corrected chi connectivity index (χ3v) is 5.55. The Bertz CT molecular complexity index is 908. The van der Waals surface area contributed by atoms with Crippen molar-refractivity contribution in [2.45, 2.75) is 45.6 Å². The van der Waals surface area contributed by atoms with Gasteiger partial charge < -0.3 is 14.8 Å². The lowest BCUT2D eigenvalue weighted by Crippen LogP contribution is -2.40. The number of piperidine rings is 1. The molecule has 0 saturated carbocycles. The summed E-state index contributed by atoms with van der Waals surface area (Å²) in [5.41, 5.74) is 1.45. The molecular formula is C21H25FN4O2. The standard InChI is InChI=1S/C21H25FN4O2/c1-14-6-5-10-25(13-14)21(28)19-24-18(17-9-2-3-11-26(17)19)20(27)23-16-8-4-7-15(22)12-16/h4,7-8,12,14H,2-3,5-6,9-11,13H2,1H3,(H,23,27). The van der Waals surface area contributed by atoms with Gasteiger partial charge >= 0.3 is 0 Å². The van der Waals surface area contributed by atoms with Crippen LogP contribution in [0, 0.1) is 11.7 Å². The van der Waals surface area contributed by atoms with Crippen molar-refractivity contribution >= 4 is 17.5 Å². The van der Waals surface area contributed by atoms with E-state index in [0.29, 0.717) is 30.4 Å². The highest BCUT2D eigenvalue weighted by atomic mass is 19.1. The average Bonchev–Trinajstić information content (AvgIpc) is 3.07. The summed E-state index contributed by atoms with van der Waals surface area (Å²) in [6.07, 6.45) is 4.76. The number of likely N-dealkylation sites (tertiary alicyclic amines) is 1. The number of hydrogen-bond donors (Lipinski definition) is 1. The van der Waals surface area contributed by atoms with Gasteiger partial charge in [0.1, 0.15) is 5.82 Å². The lowest BCUT2D eigenvalue weighted by Gasteiger charge is -2.31. The Kier molecular flexibility index (Phi) is 5.15. The minimum Gasteiger partial charge on any atom is -0.336 e. The number of imidazole rings is 1. The number of nitrogens with one attached hydrogen (secondary N) is 1. The Morgan fingerprint density at radius 1 is 1.21 bits per heavy atom. The molecule has 7 heteroatoms. The molecule has 1 saturated heterocycles. The third kappa shape index (κ3) is 3.66. The fraction of sp³-hybridized carbons (Fsp3) is 0.476. The van der Waals surface area contributed by atoms with Crippen LogP contribution >= 0.6 is 0 Å². The Morgan fingerprint density at radius 3 is 2.86 bits per heavy atom. The molecule has 2 aromatic rings. The maximum Gasteiger partial charge on any atom is 0.289 e. The molecule has 1 atom stereocenters. The Balaban J connectivity index is 1.63. The topological polar surface area (TPSA) is 67.2 Å². The van der Waals surface area contributed by atoms with Crippen molar-refractivity contribution in [2.75, 3.05) is 18.4 Å². The molecule has 0 radical (unpaired) electrons. The number of carbonyl (C=O) groups is 2. The van der Waals surface area contributed by atoms with E-state index in [4.69, 9.17) is 0 Å². The molecule has 0 bridgehead atoms. The molecule has 1 unspecified atom stereocenters. The molecule has 4 rings (SSSR count). The smallest absolute Gasteiger partial charge is 0.289 e. The fourth-order valence-corrected chi connectivity index (χ4v) is 4.16. The van der Waals surface area contributed by atoms with Gasteiger partial charge in [-0.05, 0) is 56.2 Å². The lowest BCUT2D eigenvalue weighted by atomic mass is 10.0. The zero-order valence-electron chi connectivity index (χ0n) is 16.1. The maximum absolute atomic E-state index is 13.4. The van der Waals surface area contributed by atoms with Crippen LogP contribution in [-0.2, 0) is 13.0 Å². The van der Waals surface area contributed by atoms with Crippen LogP contribution in [0.15, 0.2) is 24.3 Å². The molecule has 0 aliphatic carbocycles. The number of nitrogens with zero attached hydrogens (tertiary/aromatic N) is 3. The first-order valence-electron chi connectivity index (χ1n) is 9.98. The van der Waals surface area contributed by atoms with Crippen molar-refractivity contribution in [3.05, 3.63) is 47.3 Å². The molecule has 1 aromatic carbocycles. The summed E-state index contributed by atoms with van der Waals surface area (Å²) in [6, 6.07) is 5.76. The van der Waals surface area contributed by atoms with E-state index in [0.717, 1.165) is 44.5 Å². The van der Waals surface area contributed by atoms with E-state index in [1.54, 1.807) is 12.1 Å². The second kappa shape index (κ2) is 7.73. The van der Waals surface area contributed by atoms with Crippen molar-refractivity contribution < 1.29 is 14.0 Å². The Hall–Kier alpha value is -2.70. The molecule has 6 nitrogen and oxygen atoms in total. The number of carbonyl (C=O) groups excluding carboxylic acids is 2. The van der Waals surface area contributed by atoms with Crippen LogP contribution in [0.5, 0.6) is 0 Å². The van der Waals surface area contributed by atoms with E-state index >= 15 is 0 Å². The van der Waals surface area contributed by atoms with Gasteiger partial charge in [-0.25, -0.2) is 9.37 Å². The van der Waals surface area contributed by atoms with Crippen molar-refractivity contribution in [1.82, 2.24) is 14.5 Å². The molecule has 148 valence electrons. The van der Waals surface area contributed by atoms with Crippen molar-refractivity contribution in [3.8, 4) is 0 Å². The van der Waals surface area contributed by atoms with Gasteiger partial charge in [-0.1, -0.05) is 13.0 Å². The van der Waals surface area contributed by atoms with Crippen molar-refractivity contribution in [1.29, 1.82) is 0 Å². The molecule has 3 heterocycles. The van der Waals surface area contributed by atoms with E-state index in [9.17, 15) is 14.0 Å². The summed E-state index contributed by atoms with van der Waals surface area (Å²) >= 11 is 0. The molecular weight excluding hydrogens is 359 g/mol. The van der Waals surface area contributed by atoms with Crippen molar-refractivity contribution in [2.24, 2.45) is 5.92 Å². The highest BCUT2D eigenvalue weighted by molar-refractivity contribution is 6.05. The van der Waals surface area contributed by atoms with Gasteiger partial charge in [0.25, 0.3) is 11.8 Å². The van der Waals surface area contributed by atoms with Crippen LogP contribution in [0.4, 0.5) is 10.1 Å². The predicted octanol–water partition coefficient (Wildman–Crippen LogP) is 3.48. The van der Waals surface area contributed by atoms with Crippen LogP contribution in [0.2, 0.25) is 0 Å². The largest absolute Gasteiger partial charge is 0.336 e. The fourth-order valence-electron chi connectivity index (χ4n) is 4.16. The van der Waals surface area contributed by atoms with Crippen LogP contribution in [0.25, 0.3) is 0 Å². The SMILES string of the molecule is CC1CCCN(C(=O)c2nc(C(=O)Nc3cccc(F)c3)c3n2CCCC3)C1. The summed E-state index contributed by atoms with van der Waals surface area (Å²) in [5.74, 6) is -0.0843. The van der Waals surface area contributed by atoms with E-state index < -0.39 is 11.7 Å². The van der Waals surface area contributed by atoms with Crippen LogP contribution in [0.1, 0.15) is 59.4 Å². The second-order valence-electron chi connectivity index (χ2n) is 7.80. The number of amides is 2. The van der Waals surface area contributed by atoms with Gasteiger partial charge in [0.15, 0.2) is 11.5 Å². The summed E-state index contributed by atoms with van der Waals surface area (Å²) in [5, 5.41) is 2.71. The summed E-state index contributed by atoms with van der Waals surface area (Å²) in [6.45, 7) is 4.31. The first kappa shape index (κ1) is 18.7. The van der Waals surface area contributed by atoms with Crippen LogP contribution in [-0.4, -0.2) is 39.4 Å². The molecule has 0 spiro atoms. The number of halogens is 1. The third-order valence-electron chi connectivity index (χ3n) is 5.55. The monoisotopic (exact) mass is 384 g/mol.